The molecular weight excluding hydrogens is 346 g/mol. The molecule has 1 aromatic carbocycles. The van der Waals surface area contributed by atoms with Gasteiger partial charge in [0.1, 0.15) is 11.9 Å². The minimum Gasteiger partial charge on any atom is -1.00 e. The second-order valence-corrected chi connectivity index (χ2v) is 5.22. The fourth-order valence-corrected chi connectivity index (χ4v) is 2.73. The van der Waals surface area contributed by atoms with Crippen LogP contribution in [-0.2, 0) is 16.1 Å². The van der Waals surface area contributed by atoms with Gasteiger partial charge in [-0.15, -0.1) is 0 Å². The molecule has 1 aromatic heterocycles. The summed E-state index contributed by atoms with van der Waals surface area (Å²) in [7, 11) is 0. The van der Waals surface area contributed by atoms with E-state index in [2.05, 4.69) is 37.9 Å². The number of carbonyl (C=O) groups is 1. The molecule has 0 fully saturated rings. The van der Waals surface area contributed by atoms with Crippen molar-refractivity contribution in [1.29, 1.82) is 0 Å². The largest absolute Gasteiger partial charge is 1.00 e. The van der Waals surface area contributed by atoms with Crippen molar-refractivity contribution in [3.05, 3.63) is 35.0 Å². The third-order valence-electron chi connectivity index (χ3n) is 3.46. The molecular formula is C16H22BrN3O2. The summed E-state index contributed by atoms with van der Waals surface area (Å²) in [5.74, 6) is 0.148. The molecule has 0 bridgehead atoms. The molecule has 0 aliphatic rings. The molecule has 0 aliphatic carbocycles. The smallest absolute Gasteiger partial charge is 0.353 e. The summed E-state index contributed by atoms with van der Waals surface area (Å²) in [5.41, 5.74) is 11.5. The first-order valence-electron chi connectivity index (χ1n) is 7.04. The normalized spacial score (nSPS) is 10.2. The summed E-state index contributed by atoms with van der Waals surface area (Å²) in [6.45, 7) is 8.45. The Morgan fingerprint density at radius 2 is 1.86 bits per heavy atom. The van der Waals surface area contributed by atoms with E-state index < -0.39 is 0 Å². The van der Waals surface area contributed by atoms with Crippen molar-refractivity contribution < 1.29 is 31.1 Å². The maximum Gasteiger partial charge on any atom is 0.353 e. The minimum absolute atomic E-state index is 0. The van der Waals surface area contributed by atoms with E-state index in [9.17, 15) is 4.79 Å². The van der Waals surface area contributed by atoms with Crippen molar-refractivity contribution in [3.8, 4) is 11.3 Å². The van der Waals surface area contributed by atoms with Crippen LogP contribution in [-0.4, -0.2) is 17.6 Å². The van der Waals surface area contributed by atoms with Crippen LogP contribution in [0.1, 0.15) is 23.6 Å². The Bertz CT molecular complexity index is 657. The van der Waals surface area contributed by atoms with Crippen LogP contribution in [0.3, 0.4) is 0 Å². The molecule has 0 atom stereocenters. The van der Waals surface area contributed by atoms with Crippen LogP contribution in [0.4, 0.5) is 5.95 Å². The van der Waals surface area contributed by atoms with E-state index >= 15 is 0 Å². The quantitative estimate of drug-likeness (QED) is 0.540. The van der Waals surface area contributed by atoms with Crippen LogP contribution >= 0.6 is 0 Å². The van der Waals surface area contributed by atoms with Crippen LogP contribution in [0.2, 0.25) is 0 Å². The Hall–Kier alpha value is -1.82. The number of nitrogens with zero attached hydrogens (tertiary/aromatic N) is 1. The molecule has 0 spiro atoms. The summed E-state index contributed by atoms with van der Waals surface area (Å²) in [6, 6.07) is 4.25. The molecule has 22 heavy (non-hydrogen) atoms. The number of anilines is 1. The lowest BCUT2D eigenvalue weighted by molar-refractivity contribution is -0.659. The zero-order valence-corrected chi connectivity index (χ0v) is 15.0. The van der Waals surface area contributed by atoms with Crippen LogP contribution < -0.4 is 27.3 Å². The van der Waals surface area contributed by atoms with Crippen molar-refractivity contribution >= 4 is 11.9 Å². The van der Waals surface area contributed by atoms with E-state index in [-0.39, 0.29) is 29.5 Å². The van der Waals surface area contributed by atoms with Gasteiger partial charge in [-0.2, -0.15) is 0 Å². The first kappa shape index (κ1) is 18.2. The zero-order chi connectivity index (χ0) is 15.6. The van der Waals surface area contributed by atoms with Gasteiger partial charge >= 0.3 is 11.9 Å². The van der Waals surface area contributed by atoms with E-state index in [0.717, 1.165) is 22.4 Å². The molecule has 0 aliphatic heterocycles. The predicted octanol–water partition coefficient (Wildman–Crippen LogP) is -0.956. The number of aromatic nitrogens is 2. The highest BCUT2D eigenvalue weighted by atomic mass is 79.9. The average Bonchev–Trinajstić information content (AvgIpc) is 2.71. The number of halogens is 1. The predicted molar refractivity (Wildman–Crippen MR) is 81.7 cm³/mol. The molecule has 0 unspecified atom stereocenters. The molecule has 0 saturated carbocycles. The topological polar surface area (TPSA) is 72.0 Å². The minimum atomic E-state index is -0.294. The zero-order valence-electron chi connectivity index (χ0n) is 13.4. The van der Waals surface area contributed by atoms with Gasteiger partial charge in [0.2, 0.25) is 0 Å². The highest BCUT2D eigenvalue weighted by Crippen LogP contribution is 2.26. The molecule has 2 aromatic rings. The molecule has 0 saturated heterocycles. The summed E-state index contributed by atoms with van der Waals surface area (Å²) in [4.78, 5) is 14.7. The van der Waals surface area contributed by atoms with Gasteiger partial charge in [0.25, 0.3) is 0 Å². The fraction of sp³-hybridized carbons (Fsp3) is 0.375. The van der Waals surface area contributed by atoms with Crippen molar-refractivity contribution in [3.63, 3.8) is 0 Å². The monoisotopic (exact) mass is 367 g/mol. The van der Waals surface area contributed by atoms with Crippen molar-refractivity contribution in [2.24, 2.45) is 0 Å². The van der Waals surface area contributed by atoms with Crippen LogP contribution in [0.5, 0.6) is 0 Å². The number of ether oxygens (including phenoxy) is 1. The summed E-state index contributed by atoms with van der Waals surface area (Å²) < 4.78 is 6.76. The number of nitrogen functional groups attached to an aromatic ring is 1. The van der Waals surface area contributed by atoms with E-state index in [1.54, 1.807) is 11.5 Å². The van der Waals surface area contributed by atoms with E-state index in [4.69, 9.17) is 10.5 Å². The lowest BCUT2D eigenvalue weighted by Gasteiger charge is -2.11. The van der Waals surface area contributed by atoms with Gasteiger partial charge in [0.15, 0.2) is 6.54 Å². The molecule has 2 rings (SSSR count). The summed E-state index contributed by atoms with van der Waals surface area (Å²) >= 11 is 0. The van der Waals surface area contributed by atoms with Gasteiger partial charge in [-0.05, 0) is 38.8 Å². The van der Waals surface area contributed by atoms with Gasteiger partial charge in [0.05, 0.1) is 6.61 Å². The summed E-state index contributed by atoms with van der Waals surface area (Å²) in [5, 5.41) is 0. The van der Waals surface area contributed by atoms with Crippen molar-refractivity contribution in [2.75, 3.05) is 12.3 Å². The highest BCUT2D eigenvalue weighted by molar-refractivity contribution is 5.69. The number of esters is 1. The van der Waals surface area contributed by atoms with Gasteiger partial charge in [-0.3, -0.25) is 5.73 Å². The number of imidazole rings is 1. The Kier molecular flexibility index (Phi) is 6.17. The fourth-order valence-electron chi connectivity index (χ4n) is 2.73. The third kappa shape index (κ3) is 3.68. The first-order chi connectivity index (χ1) is 9.93. The maximum absolute atomic E-state index is 11.8. The summed E-state index contributed by atoms with van der Waals surface area (Å²) in [6.07, 6.45) is 1.83. The first-order valence-corrected chi connectivity index (χ1v) is 7.04. The second-order valence-electron chi connectivity index (χ2n) is 5.22. The number of aryl methyl sites for hydroxylation is 3. The van der Waals surface area contributed by atoms with E-state index in [0.29, 0.717) is 12.6 Å². The van der Waals surface area contributed by atoms with Gasteiger partial charge in [-0.25, -0.2) is 14.3 Å². The Balaban J connectivity index is 0.00000242. The standard InChI is InChI=1S/C16H21N3O2.BrH/c1-5-21-14(20)9-19-13(8-18-16(19)17)15-11(3)6-10(2)7-12(15)4;/h6-8H,5,9H2,1-4H3,(H2,17,18);1H. The number of aromatic amines is 1. The third-order valence-corrected chi connectivity index (χ3v) is 3.46. The number of benzene rings is 1. The van der Waals surface area contributed by atoms with Gasteiger partial charge in [-0.1, -0.05) is 17.7 Å². The SMILES string of the molecule is CCOC(=O)C[n+]1c(-c2c(C)cc(C)cc2C)c[nH]c1N.[Br-]. The maximum atomic E-state index is 11.8. The van der Waals surface area contributed by atoms with E-state index in [1.165, 1.54) is 5.56 Å². The van der Waals surface area contributed by atoms with Crippen LogP contribution in [0.15, 0.2) is 18.3 Å². The number of rotatable bonds is 4. The van der Waals surface area contributed by atoms with Gasteiger partial charge in [0, 0.05) is 5.56 Å². The highest BCUT2D eigenvalue weighted by Gasteiger charge is 2.21. The number of nitrogens with one attached hydrogen (secondary N) is 1. The molecule has 0 radical (unpaired) electrons. The number of H-pyrrole nitrogens is 1. The Morgan fingerprint density at radius 1 is 1.27 bits per heavy atom. The molecule has 0 amide bonds. The van der Waals surface area contributed by atoms with E-state index in [1.807, 2.05) is 6.20 Å². The lowest BCUT2D eigenvalue weighted by atomic mass is 9.97. The lowest BCUT2D eigenvalue weighted by Crippen LogP contribution is -3.00. The Labute approximate surface area is 141 Å². The molecule has 5 nitrogen and oxygen atoms in total. The van der Waals surface area contributed by atoms with Crippen molar-refractivity contribution in [2.45, 2.75) is 34.2 Å². The second kappa shape index (κ2) is 7.45. The molecule has 120 valence electrons. The number of carbonyl (C=O) groups excluding carboxylic acids is 1. The van der Waals surface area contributed by atoms with Gasteiger partial charge < -0.3 is 21.7 Å². The van der Waals surface area contributed by atoms with Crippen LogP contribution in [0.25, 0.3) is 11.3 Å². The number of hydrogen-bond donors (Lipinski definition) is 2. The van der Waals surface area contributed by atoms with Crippen LogP contribution in [0, 0.1) is 20.8 Å². The molecule has 3 N–H and O–H groups in total. The molecule has 1 heterocycles. The number of hydrogen-bond acceptors (Lipinski definition) is 3. The Morgan fingerprint density at radius 3 is 2.41 bits per heavy atom. The van der Waals surface area contributed by atoms with Crippen molar-refractivity contribution in [1.82, 2.24) is 4.98 Å². The average molecular weight is 368 g/mol. The number of nitrogens with two attached hydrogens (primary N) is 1. The molecule has 6 heteroatoms.